The van der Waals surface area contributed by atoms with Gasteiger partial charge in [0.25, 0.3) is 5.91 Å². The van der Waals surface area contributed by atoms with Crippen molar-refractivity contribution in [2.24, 2.45) is 0 Å². The fourth-order valence-electron chi connectivity index (χ4n) is 4.91. The number of hydrogen-bond donors (Lipinski definition) is 2. The van der Waals surface area contributed by atoms with Crippen LogP contribution < -0.4 is 15.4 Å². The van der Waals surface area contributed by atoms with E-state index in [1.807, 2.05) is 31.2 Å². The third-order valence-corrected chi connectivity index (χ3v) is 6.72. The highest BCUT2D eigenvalue weighted by Crippen LogP contribution is 2.37. The van der Waals surface area contributed by atoms with E-state index in [1.165, 1.54) is 11.6 Å². The third kappa shape index (κ3) is 5.95. The second kappa shape index (κ2) is 10.4. The molecule has 0 saturated carbocycles. The van der Waals surface area contributed by atoms with Gasteiger partial charge in [-0.15, -0.1) is 0 Å². The van der Waals surface area contributed by atoms with Crippen LogP contribution in [0.15, 0.2) is 55.1 Å². The van der Waals surface area contributed by atoms with Gasteiger partial charge in [-0.2, -0.15) is 0 Å². The molecule has 0 radical (unpaired) electrons. The van der Waals surface area contributed by atoms with Gasteiger partial charge in [0, 0.05) is 29.7 Å². The molecule has 0 aromatic heterocycles. The van der Waals surface area contributed by atoms with Gasteiger partial charge in [0.1, 0.15) is 5.75 Å². The van der Waals surface area contributed by atoms with Gasteiger partial charge >= 0.3 is 0 Å². The number of hydrogen-bond acceptors (Lipinski definition) is 4. The number of rotatable bonds is 8. The molecule has 2 heterocycles. The van der Waals surface area contributed by atoms with Crippen LogP contribution >= 0.6 is 11.6 Å². The van der Waals surface area contributed by atoms with Crippen molar-refractivity contribution in [1.29, 1.82) is 0 Å². The Kier molecular flexibility index (Phi) is 7.36. The Labute approximate surface area is 199 Å². The number of piperidine rings is 1. The summed E-state index contributed by atoms with van der Waals surface area (Å²) < 4.78 is 5.74. The maximum Gasteiger partial charge on any atom is 0.258 e. The largest absolute Gasteiger partial charge is 0.482 e. The number of benzene rings is 2. The van der Waals surface area contributed by atoms with Crippen molar-refractivity contribution in [2.75, 3.05) is 11.9 Å². The first-order valence-corrected chi connectivity index (χ1v) is 11.8. The molecule has 1 unspecified atom stereocenters. The lowest BCUT2D eigenvalue weighted by molar-refractivity contribution is -0.124. The molecule has 174 valence electrons. The van der Waals surface area contributed by atoms with Gasteiger partial charge in [-0.3, -0.25) is 14.5 Å². The highest BCUT2D eigenvalue weighted by molar-refractivity contribution is 6.30. The fraction of sp³-hybridized carbons (Fsp3) is 0.385. The van der Waals surface area contributed by atoms with Crippen LogP contribution in [0.5, 0.6) is 5.75 Å². The van der Waals surface area contributed by atoms with E-state index in [-0.39, 0.29) is 24.5 Å². The molecule has 2 aromatic rings. The molecular weight excluding hydrogens is 438 g/mol. The predicted molar refractivity (Wildman–Crippen MR) is 130 cm³/mol. The molecule has 2 fully saturated rings. The van der Waals surface area contributed by atoms with E-state index in [1.54, 1.807) is 6.07 Å². The first kappa shape index (κ1) is 23.3. The molecule has 2 aliphatic heterocycles. The zero-order valence-corrected chi connectivity index (χ0v) is 19.6. The third-order valence-electron chi connectivity index (χ3n) is 6.46. The van der Waals surface area contributed by atoms with Gasteiger partial charge < -0.3 is 15.4 Å². The van der Waals surface area contributed by atoms with E-state index in [9.17, 15) is 9.59 Å². The summed E-state index contributed by atoms with van der Waals surface area (Å²) in [5.41, 5.74) is 2.78. The van der Waals surface area contributed by atoms with Crippen LogP contribution in [0.4, 0.5) is 5.69 Å². The Balaban J connectivity index is 1.29. The molecule has 6 nitrogen and oxygen atoms in total. The second-order valence-corrected chi connectivity index (χ2v) is 9.34. The number of nitrogens with zero attached hydrogens (tertiary/aromatic N) is 1. The lowest BCUT2D eigenvalue weighted by Crippen LogP contribution is -2.50. The number of anilines is 1. The van der Waals surface area contributed by atoms with E-state index in [0.29, 0.717) is 23.5 Å². The molecule has 0 spiro atoms. The molecule has 0 aliphatic carbocycles. The van der Waals surface area contributed by atoms with Gasteiger partial charge in [0.15, 0.2) is 6.61 Å². The van der Waals surface area contributed by atoms with Crippen LogP contribution in [0.1, 0.15) is 36.8 Å². The number of aryl methyl sites for hydroxylation is 1. The van der Waals surface area contributed by atoms with E-state index in [2.05, 4.69) is 34.2 Å². The maximum atomic E-state index is 12.6. The van der Waals surface area contributed by atoms with Gasteiger partial charge in [-0.25, -0.2) is 0 Å². The van der Waals surface area contributed by atoms with Crippen molar-refractivity contribution in [1.82, 2.24) is 10.2 Å². The first-order chi connectivity index (χ1) is 15.9. The van der Waals surface area contributed by atoms with Crippen molar-refractivity contribution < 1.29 is 14.3 Å². The highest BCUT2D eigenvalue weighted by atomic mass is 35.5. The number of amides is 2. The highest BCUT2D eigenvalue weighted by Gasteiger charge is 2.40. The van der Waals surface area contributed by atoms with E-state index in [4.69, 9.17) is 16.3 Å². The normalized spacial score (nSPS) is 21.9. The van der Waals surface area contributed by atoms with Crippen molar-refractivity contribution in [3.63, 3.8) is 0 Å². The van der Waals surface area contributed by atoms with E-state index in [0.717, 1.165) is 42.8 Å². The van der Waals surface area contributed by atoms with Gasteiger partial charge in [0.05, 0.1) is 5.69 Å². The summed E-state index contributed by atoms with van der Waals surface area (Å²) in [6, 6.07) is 14.6. The Morgan fingerprint density at radius 2 is 1.85 bits per heavy atom. The monoisotopic (exact) mass is 467 g/mol. The first-order valence-electron chi connectivity index (χ1n) is 11.4. The molecule has 2 amide bonds. The van der Waals surface area contributed by atoms with Crippen LogP contribution in [0.2, 0.25) is 5.02 Å². The Hall–Kier alpha value is -2.83. The zero-order chi connectivity index (χ0) is 23.4. The van der Waals surface area contributed by atoms with E-state index < -0.39 is 0 Å². The van der Waals surface area contributed by atoms with Crippen LogP contribution in [0.25, 0.3) is 0 Å². The summed E-state index contributed by atoms with van der Waals surface area (Å²) >= 11 is 6.01. The molecule has 3 atom stereocenters. The lowest BCUT2D eigenvalue weighted by atomic mass is 9.96. The summed E-state index contributed by atoms with van der Waals surface area (Å²) in [5.74, 6) is -0.00772. The minimum Gasteiger partial charge on any atom is -0.482 e. The van der Waals surface area contributed by atoms with Crippen LogP contribution in [0.3, 0.4) is 0 Å². The molecule has 2 bridgehead atoms. The molecule has 33 heavy (non-hydrogen) atoms. The van der Waals surface area contributed by atoms with Crippen molar-refractivity contribution in [3.05, 3.63) is 71.3 Å². The van der Waals surface area contributed by atoms with Gasteiger partial charge in [0.2, 0.25) is 5.91 Å². The molecule has 2 aliphatic rings. The fourth-order valence-corrected chi connectivity index (χ4v) is 5.04. The Morgan fingerprint density at radius 3 is 2.52 bits per heavy atom. The molecular formula is C26H30ClN3O3. The summed E-state index contributed by atoms with van der Waals surface area (Å²) in [6.45, 7) is 6.22. The van der Waals surface area contributed by atoms with Gasteiger partial charge in [-0.1, -0.05) is 36.4 Å². The number of nitrogens with one attached hydrogen (secondary N) is 2. The molecule has 2 N–H and O–H groups in total. The van der Waals surface area contributed by atoms with E-state index >= 15 is 0 Å². The summed E-state index contributed by atoms with van der Waals surface area (Å²) in [4.78, 5) is 26.9. The number of carbonyl (C=O) groups excluding carboxylic acids is 2. The van der Waals surface area contributed by atoms with Crippen molar-refractivity contribution >= 4 is 29.1 Å². The predicted octanol–water partition coefficient (Wildman–Crippen LogP) is 4.46. The quantitative estimate of drug-likeness (QED) is 0.562. The van der Waals surface area contributed by atoms with Crippen LogP contribution in [0, 0.1) is 6.92 Å². The Bertz CT molecular complexity index is 1010. The summed E-state index contributed by atoms with van der Waals surface area (Å²) in [6.07, 6.45) is 5.42. The maximum absolute atomic E-state index is 12.6. The molecule has 4 rings (SSSR count). The van der Waals surface area contributed by atoms with Crippen molar-refractivity contribution in [2.45, 2.75) is 57.3 Å². The number of carbonyl (C=O) groups is 2. The minimum atomic E-state index is -0.323. The number of halogens is 1. The lowest BCUT2D eigenvalue weighted by Gasteiger charge is -2.39. The molecule has 7 heteroatoms. The second-order valence-electron chi connectivity index (χ2n) is 8.90. The average molecular weight is 468 g/mol. The topological polar surface area (TPSA) is 70.7 Å². The summed E-state index contributed by atoms with van der Waals surface area (Å²) in [7, 11) is 0. The number of fused-ring (bicyclic) bond motifs is 2. The minimum absolute atomic E-state index is 0.0969. The molecule has 2 aromatic carbocycles. The zero-order valence-electron chi connectivity index (χ0n) is 18.9. The van der Waals surface area contributed by atoms with Crippen LogP contribution in [-0.2, 0) is 16.1 Å². The SMILES string of the molecule is C=CC(=O)Nc1cc(C)ccc1OCC(=O)NC1C[C@H]2CC[C@@H](C1)N2Cc1ccc(Cl)cc1. The molecule has 2 saturated heterocycles. The standard InChI is InChI=1S/C26H30ClN3O3/c1-3-25(31)29-23-12-17(2)4-11-24(23)33-16-26(32)28-20-13-21-9-10-22(14-20)30(21)15-18-5-7-19(27)8-6-18/h3-8,11-12,20-22H,1,9-10,13-16H2,2H3,(H,28,32)(H,29,31)/t20?,21-,22+. The van der Waals surface area contributed by atoms with Crippen molar-refractivity contribution in [3.8, 4) is 5.75 Å². The van der Waals surface area contributed by atoms with Gasteiger partial charge in [-0.05, 0) is 74.1 Å². The summed E-state index contributed by atoms with van der Waals surface area (Å²) in [5, 5.41) is 6.64. The Morgan fingerprint density at radius 1 is 1.15 bits per heavy atom. The smallest absolute Gasteiger partial charge is 0.258 e. The van der Waals surface area contributed by atoms with Crippen LogP contribution in [-0.4, -0.2) is 41.4 Å². The number of ether oxygens (including phenoxy) is 1. The average Bonchev–Trinajstić information content (AvgIpc) is 3.02.